The Labute approximate surface area is 216 Å². The Morgan fingerprint density at radius 2 is 1.84 bits per heavy atom. The maximum absolute atomic E-state index is 14.0. The van der Waals surface area contributed by atoms with Crippen molar-refractivity contribution in [3.63, 3.8) is 0 Å². The van der Waals surface area contributed by atoms with E-state index in [0.29, 0.717) is 60.7 Å². The number of nitrogens with zero attached hydrogens (tertiary/aromatic N) is 5. The predicted octanol–water partition coefficient (Wildman–Crippen LogP) is 3.56. The average Bonchev–Trinajstić information content (AvgIpc) is 2.91. The van der Waals surface area contributed by atoms with E-state index in [1.165, 1.54) is 10.6 Å². The van der Waals surface area contributed by atoms with Crippen LogP contribution < -0.4 is 10.3 Å². The Balaban J connectivity index is 1.49. The van der Waals surface area contributed by atoms with Gasteiger partial charge in [0.15, 0.2) is 17.4 Å². The Morgan fingerprint density at radius 3 is 2.61 bits per heavy atom. The van der Waals surface area contributed by atoms with E-state index in [4.69, 9.17) is 9.47 Å². The van der Waals surface area contributed by atoms with E-state index >= 15 is 0 Å². The standard InChI is InChI=1S/C27H25F2N5O4/c1-16-13-31-21(20-5-8-30-26(33-20)27(36)6-9-37-10-7-27)12-23(16)34-17(2)3-4-24(25(34)35)38-15-22-19(29)11-18(28)14-32-22/h3-5,8,11-14,36H,6-7,9-10,15H2,1-2H3. The molecule has 1 fully saturated rings. The first-order valence-corrected chi connectivity index (χ1v) is 12.0. The second-order valence-corrected chi connectivity index (χ2v) is 9.12. The SMILES string of the molecule is Cc1cnc(-c2ccnc(C3(O)CCOCC3)n2)cc1-n1c(C)ccc(OCc2ncc(F)cc2F)c1=O. The molecule has 0 spiro atoms. The molecule has 0 saturated carbocycles. The molecule has 1 N–H and O–H groups in total. The molecule has 9 nitrogen and oxygen atoms in total. The van der Waals surface area contributed by atoms with E-state index in [1.807, 2.05) is 6.92 Å². The van der Waals surface area contributed by atoms with E-state index in [1.54, 1.807) is 37.5 Å². The lowest BCUT2D eigenvalue weighted by molar-refractivity contribution is -0.0733. The van der Waals surface area contributed by atoms with Crippen LogP contribution >= 0.6 is 0 Å². The Morgan fingerprint density at radius 1 is 1.05 bits per heavy atom. The molecule has 0 aromatic carbocycles. The minimum atomic E-state index is -1.18. The fourth-order valence-electron chi connectivity index (χ4n) is 4.27. The van der Waals surface area contributed by atoms with Gasteiger partial charge in [-0.05, 0) is 43.7 Å². The van der Waals surface area contributed by atoms with Gasteiger partial charge in [0.2, 0.25) is 0 Å². The third kappa shape index (κ3) is 5.02. The zero-order valence-corrected chi connectivity index (χ0v) is 20.8. The van der Waals surface area contributed by atoms with Gasteiger partial charge in [-0.25, -0.2) is 18.7 Å². The first kappa shape index (κ1) is 25.6. The third-order valence-electron chi connectivity index (χ3n) is 6.46. The number of hydrogen-bond donors (Lipinski definition) is 1. The number of rotatable bonds is 6. The summed E-state index contributed by atoms with van der Waals surface area (Å²) in [6.45, 7) is 4.08. The van der Waals surface area contributed by atoms with Crippen LogP contribution in [0.2, 0.25) is 0 Å². The average molecular weight is 522 g/mol. The van der Waals surface area contributed by atoms with Crippen molar-refractivity contribution < 1.29 is 23.4 Å². The molecule has 11 heteroatoms. The lowest BCUT2D eigenvalue weighted by atomic mass is 9.93. The maximum atomic E-state index is 14.0. The van der Waals surface area contributed by atoms with Crippen molar-refractivity contribution in [2.45, 2.75) is 38.9 Å². The smallest absolute Gasteiger partial charge is 0.297 e. The molecule has 38 heavy (non-hydrogen) atoms. The van der Waals surface area contributed by atoms with Crippen molar-refractivity contribution in [2.24, 2.45) is 0 Å². The molecule has 1 aliphatic heterocycles. The molecule has 196 valence electrons. The highest BCUT2D eigenvalue weighted by atomic mass is 19.1. The summed E-state index contributed by atoms with van der Waals surface area (Å²) < 4.78 is 39.6. The van der Waals surface area contributed by atoms with Gasteiger partial charge in [-0.3, -0.25) is 19.3 Å². The van der Waals surface area contributed by atoms with Gasteiger partial charge in [-0.2, -0.15) is 0 Å². The fourth-order valence-corrected chi connectivity index (χ4v) is 4.27. The first-order valence-electron chi connectivity index (χ1n) is 12.0. The molecule has 0 unspecified atom stereocenters. The number of ether oxygens (including phenoxy) is 2. The van der Waals surface area contributed by atoms with Crippen LogP contribution in [0, 0.1) is 25.5 Å². The summed E-state index contributed by atoms with van der Waals surface area (Å²) in [5.74, 6) is -1.38. The van der Waals surface area contributed by atoms with Crippen molar-refractivity contribution in [1.29, 1.82) is 0 Å². The Kier molecular flexibility index (Phi) is 6.96. The number of hydrogen-bond acceptors (Lipinski definition) is 8. The zero-order chi connectivity index (χ0) is 26.9. The van der Waals surface area contributed by atoms with E-state index < -0.39 is 22.8 Å². The Hall–Kier alpha value is -4.09. The Bertz CT molecular complexity index is 1550. The van der Waals surface area contributed by atoms with Crippen LogP contribution in [0.25, 0.3) is 17.1 Å². The van der Waals surface area contributed by atoms with Crippen LogP contribution in [0.4, 0.5) is 8.78 Å². The summed E-state index contributed by atoms with van der Waals surface area (Å²) in [5, 5.41) is 11.0. The molecule has 0 atom stereocenters. The normalized spacial score (nSPS) is 14.9. The van der Waals surface area contributed by atoms with Crippen molar-refractivity contribution in [2.75, 3.05) is 13.2 Å². The summed E-state index contributed by atoms with van der Waals surface area (Å²) in [5.41, 5.74) is 1.12. The first-order chi connectivity index (χ1) is 18.2. The highest BCUT2D eigenvalue weighted by Crippen LogP contribution is 2.31. The van der Waals surface area contributed by atoms with Crippen LogP contribution in [-0.4, -0.2) is 42.8 Å². The van der Waals surface area contributed by atoms with Gasteiger partial charge in [0.1, 0.15) is 23.7 Å². The van der Waals surface area contributed by atoms with Crippen LogP contribution in [0.1, 0.15) is 35.6 Å². The lowest BCUT2D eigenvalue weighted by Gasteiger charge is -2.30. The van der Waals surface area contributed by atoms with Gasteiger partial charge < -0.3 is 14.6 Å². The highest BCUT2D eigenvalue weighted by Gasteiger charge is 2.35. The molecule has 0 amide bonds. The van der Waals surface area contributed by atoms with Gasteiger partial charge in [-0.15, -0.1) is 0 Å². The topological polar surface area (TPSA) is 112 Å². The molecular weight excluding hydrogens is 496 g/mol. The van der Waals surface area contributed by atoms with Crippen LogP contribution in [-0.2, 0) is 16.9 Å². The summed E-state index contributed by atoms with van der Waals surface area (Å²) >= 11 is 0. The second-order valence-electron chi connectivity index (χ2n) is 9.12. The molecule has 1 aliphatic rings. The molecule has 5 heterocycles. The van der Waals surface area contributed by atoms with Crippen LogP contribution in [0.3, 0.4) is 0 Å². The van der Waals surface area contributed by atoms with Crippen molar-refractivity contribution >= 4 is 0 Å². The summed E-state index contributed by atoms with van der Waals surface area (Å²) in [6, 6.07) is 7.33. The number of aromatic nitrogens is 5. The summed E-state index contributed by atoms with van der Waals surface area (Å²) in [4.78, 5) is 30.5. The van der Waals surface area contributed by atoms with Crippen LogP contribution in [0.15, 0.2) is 53.7 Å². The minimum Gasteiger partial charge on any atom is -0.481 e. The zero-order valence-electron chi connectivity index (χ0n) is 20.8. The molecule has 1 saturated heterocycles. The van der Waals surface area contributed by atoms with Gasteiger partial charge in [0.05, 0.1) is 23.3 Å². The fraction of sp³-hybridized carbons (Fsp3) is 0.296. The van der Waals surface area contributed by atoms with E-state index in [9.17, 15) is 18.7 Å². The third-order valence-corrected chi connectivity index (χ3v) is 6.46. The molecule has 0 aliphatic carbocycles. The van der Waals surface area contributed by atoms with Crippen LogP contribution in [0.5, 0.6) is 5.75 Å². The quantitative estimate of drug-likeness (QED) is 0.410. The number of aryl methyl sites for hydroxylation is 2. The molecule has 0 bridgehead atoms. The maximum Gasteiger partial charge on any atom is 0.297 e. The number of aliphatic hydroxyl groups is 1. The largest absolute Gasteiger partial charge is 0.481 e. The van der Waals surface area contributed by atoms with Gasteiger partial charge >= 0.3 is 0 Å². The van der Waals surface area contributed by atoms with E-state index in [-0.39, 0.29) is 18.1 Å². The predicted molar refractivity (Wildman–Crippen MR) is 133 cm³/mol. The molecule has 4 aromatic rings. The van der Waals surface area contributed by atoms with E-state index in [0.717, 1.165) is 11.8 Å². The van der Waals surface area contributed by atoms with Crippen molar-refractivity contribution in [3.05, 3.63) is 93.7 Å². The number of halogens is 2. The van der Waals surface area contributed by atoms with Crippen molar-refractivity contribution in [1.82, 2.24) is 24.5 Å². The van der Waals surface area contributed by atoms with Gasteiger partial charge in [0, 0.05) is 50.2 Å². The van der Waals surface area contributed by atoms with E-state index in [2.05, 4.69) is 19.9 Å². The second kappa shape index (κ2) is 10.3. The highest BCUT2D eigenvalue weighted by molar-refractivity contribution is 5.59. The van der Waals surface area contributed by atoms with Gasteiger partial charge in [-0.1, -0.05) is 0 Å². The van der Waals surface area contributed by atoms with Crippen molar-refractivity contribution in [3.8, 4) is 22.8 Å². The monoisotopic (exact) mass is 521 g/mol. The molecule has 5 rings (SSSR count). The van der Waals surface area contributed by atoms with Gasteiger partial charge in [0.25, 0.3) is 5.56 Å². The molecule has 4 aromatic heterocycles. The summed E-state index contributed by atoms with van der Waals surface area (Å²) in [7, 11) is 0. The minimum absolute atomic E-state index is 0.0232. The summed E-state index contributed by atoms with van der Waals surface area (Å²) in [6.07, 6.45) is 4.87. The number of pyridine rings is 3. The molecule has 0 radical (unpaired) electrons. The molecular formula is C27H25F2N5O4. The lowest BCUT2D eigenvalue weighted by Crippen LogP contribution is -2.35.